The maximum Gasteiger partial charge on any atom is 0.272 e. The van der Waals surface area contributed by atoms with Crippen molar-refractivity contribution in [1.29, 1.82) is 0 Å². The predicted octanol–water partition coefficient (Wildman–Crippen LogP) is 2.46. The number of pyridine rings is 1. The van der Waals surface area contributed by atoms with Crippen molar-refractivity contribution in [2.24, 2.45) is 0 Å². The molecule has 0 N–H and O–H groups in total. The van der Waals surface area contributed by atoms with E-state index in [1.54, 1.807) is 12.3 Å². The molecule has 0 aliphatic carbocycles. The van der Waals surface area contributed by atoms with Crippen LogP contribution in [0, 0.1) is 0 Å². The summed E-state index contributed by atoms with van der Waals surface area (Å²) in [5, 5.41) is 0. The fourth-order valence-electron chi connectivity index (χ4n) is 3.31. The second-order valence-electron chi connectivity index (χ2n) is 6.70. The summed E-state index contributed by atoms with van der Waals surface area (Å²) in [5.74, 6) is 1.63. The van der Waals surface area contributed by atoms with Crippen molar-refractivity contribution in [3.05, 3.63) is 42.4 Å². The molecule has 0 radical (unpaired) electrons. The van der Waals surface area contributed by atoms with E-state index in [-0.39, 0.29) is 5.91 Å². The van der Waals surface area contributed by atoms with E-state index in [9.17, 15) is 4.79 Å². The third kappa shape index (κ3) is 4.72. The van der Waals surface area contributed by atoms with Crippen LogP contribution in [-0.2, 0) is 0 Å². The van der Waals surface area contributed by atoms with Crippen LogP contribution in [0.3, 0.4) is 0 Å². The Balaban J connectivity index is 1.66. The number of anilines is 2. The lowest BCUT2D eigenvalue weighted by molar-refractivity contribution is 0.0749. The number of amides is 1. The lowest BCUT2D eigenvalue weighted by atomic mass is 10.3. The molecule has 7 nitrogen and oxygen atoms in total. The Hall–Kier alpha value is -2.70. The van der Waals surface area contributed by atoms with Gasteiger partial charge in [-0.2, -0.15) is 0 Å². The number of nitrogens with zero attached hydrogens (tertiary/aromatic N) is 6. The molecule has 1 aliphatic rings. The molecule has 1 amide bonds. The first kappa shape index (κ1) is 19.1. The van der Waals surface area contributed by atoms with E-state index in [4.69, 9.17) is 0 Å². The molecule has 1 fully saturated rings. The summed E-state index contributed by atoms with van der Waals surface area (Å²) in [6, 6.07) is 7.68. The highest BCUT2D eigenvalue weighted by Crippen LogP contribution is 2.16. The first-order valence-corrected chi connectivity index (χ1v) is 9.76. The number of hydrogen-bond acceptors (Lipinski definition) is 6. The Kier molecular flexibility index (Phi) is 6.57. The molecule has 2 aromatic rings. The third-order valence-corrected chi connectivity index (χ3v) is 4.67. The number of carbonyl (C=O) groups is 1. The monoisotopic (exact) mass is 368 g/mol. The van der Waals surface area contributed by atoms with Crippen LogP contribution in [0.4, 0.5) is 11.8 Å². The lowest BCUT2D eigenvalue weighted by Gasteiger charge is -2.35. The summed E-state index contributed by atoms with van der Waals surface area (Å²) < 4.78 is 0. The molecule has 0 spiro atoms. The number of aromatic nitrogens is 3. The number of carbonyl (C=O) groups excluding carboxylic acids is 1. The van der Waals surface area contributed by atoms with Crippen LogP contribution in [0.25, 0.3) is 0 Å². The fourth-order valence-corrected chi connectivity index (χ4v) is 3.31. The second kappa shape index (κ2) is 9.30. The van der Waals surface area contributed by atoms with Crippen molar-refractivity contribution < 1.29 is 4.79 Å². The average molecular weight is 368 g/mol. The zero-order valence-corrected chi connectivity index (χ0v) is 16.2. The first-order valence-electron chi connectivity index (χ1n) is 9.76. The average Bonchev–Trinajstić information content (AvgIpc) is 2.74. The first-order chi connectivity index (χ1) is 13.2. The van der Waals surface area contributed by atoms with E-state index >= 15 is 0 Å². The molecule has 0 unspecified atom stereocenters. The molecule has 144 valence electrons. The predicted molar refractivity (Wildman–Crippen MR) is 107 cm³/mol. The summed E-state index contributed by atoms with van der Waals surface area (Å²) >= 11 is 0. The fraction of sp³-hybridized carbons (Fsp3) is 0.500. The van der Waals surface area contributed by atoms with Gasteiger partial charge in [-0.3, -0.25) is 4.79 Å². The molecule has 1 saturated heterocycles. The molecular formula is C20H28N6O. The zero-order chi connectivity index (χ0) is 19.1. The van der Waals surface area contributed by atoms with E-state index in [2.05, 4.69) is 38.6 Å². The molecule has 7 heteroatoms. The Bertz CT molecular complexity index is 724. The van der Waals surface area contributed by atoms with E-state index < -0.39 is 0 Å². The van der Waals surface area contributed by atoms with Crippen LogP contribution in [0.5, 0.6) is 0 Å². The maximum absolute atomic E-state index is 12.8. The smallest absolute Gasteiger partial charge is 0.272 e. The molecule has 1 aliphatic heterocycles. The molecule has 3 rings (SSSR count). The molecule has 3 heterocycles. The van der Waals surface area contributed by atoms with Crippen molar-refractivity contribution in [2.45, 2.75) is 26.7 Å². The lowest BCUT2D eigenvalue weighted by Crippen LogP contribution is -2.47. The molecule has 0 saturated carbocycles. The third-order valence-electron chi connectivity index (χ3n) is 4.67. The van der Waals surface area contributed by atoms with Crippen molar-refractivity contribution in [2.75, 3.05) is 49.1 Å². The minimum absolute atomic E-state index is 0.00512. The van der Waals surface area contributed by atoms with Gasteiger partial charge in [-0.05, 0) is 31.0 Å². The van der Waals surface area contributed by atoms with Gasteiger partial charge < -0.3 is 14.7 Å². The van der Waals surface area contributed by atoms with E-state index in [0.29, 0.717) is 11.6 Å². The molecule has 0 aromatic carbocycles. The molecular weight excluding hydrogens is 340 g/mol. The van der Waals surface area contributed by atoms with Gasteiger partial charge in [0.25, 0.3) is 5.91 Å². The molecule has 0 atom stereocenters. The van der Waals surface area contributed by atoms with Crippen LogP contribution in [0.1, 0.15) is 37.2 Å². The second-order valence-corrected chi connectivity index (χ2v) is 6.70. The summed E-state index contributed by atoms with van der Waals surface area (Å²) in [6.45, 7) is 9.02. The summed E-state index contributed by atoms with van der Waals surface area (Å²) in [5.41, 5.74) is 0.481. The Morgan fingerprint density at radius 3 is 2.30 bits per heavy atom. The topological polar surface area (TPSA) is 65.5 Å². The van der Waals surface area contributed by atoms with Crippen LogP contribution in [-0.4, -0.2) is 65.0 Å². The van der Waals surface area contributed by atoms with Crippen LogP contribution in [0.15, 0.2) is 36.7 Å². The van der Waals surface area contributed by atoms with E-state index in [1.165, 1.54) is 0 Å². The van der Waals surface area contributed by atoms with Gasteiger partial charge in [-0.25, -0.2) is 15.0 Å². The Labute approximate surface area is 161 Å². The number of piperazine rings is 1. The summed E-state index contributed by atoms with van der Waals surface area (Å²) in [6.07, 6.45) is 5.40. The van der Waals surface area contributed by atoms with Crippen LogP contribution >= 0.6 is 0 Å². The highest BCUT2D eigenvalue weighted by Gasteiger charge is 2.22. The Morgan fingerprint density at radius 1 is 0.963 bits per heavy atom. The zero-order valence-electron chi connectivity index (χ0n) is 16.2. The Morgan fingerprint density at radius 2 is 1.67 bits per heavy atom. The largest absolute Gasteiger partial charge is 0.353 e. The normalized spacial score (nSPS) is 14.3. The van der Waals surface area contributed by atoms with E-state index in [0.717, 1.165) is 57.9 Å². The minimum Gasteiger partial charge on any atom is -0.353 e. The van der Waals surface area contributed by atoms with Gasteiger partial charge in [-0.1, -0.05) is 19.9 Å². The van der Waals surface area contributed by atoms with Crippen molar-refractivity contribution in [1.82, 2.24) is 19.9 Å². The highest BCUT2D eigenvalue weighted by atomic mass is 16.2. The minimum atomic E-state index is -0.00512. The quantitative estimate of drug-likeness (QED) is 0.748. The summed E-state index contributed by atoms with van der Waals surface area (Å²) in [7, 11) is 0. The van der Waals surface area contributed by atoms with Gasteiger partial charge in [0.2, 0.25) is 5.95 Å². The van der Waals surface area contributed by atoms with Crippen molar-refractivity contribution in [3.63, 3.8) is 0 Å². The standard InChI is InChI=1S/C20H28N6O/c1-3-11-25(12-4-2)19(27)17-8-10-22-20(23-17)26-15-13-24(14-16-26)18-7-5-6-9-21-18/h5-10H,3-4,11-16H2,1-2H3. The highest BCUT2D eigenvalue weighted by molar-refractivity contribution is 5.92. The molecule has 27 heavy (non-hydrogen) atoms. The van der Waals surface area contributed by atoms with Crippen LogP contribution < -0.4 is 9.80 Å². The van der Waals surface area contributed by atoms with Gasteiger partial charge in [-0.15, -0.1) is 0 Å². The molecule has 0 bridgehead atoms. The van der Waals surface area contributed by atoms with Gasteiger partial charge in [0.15, 0.2) is 0 Å². The van der Waals surface area contributed by atoms with Crippen molar-refractivity contribution >= 4 is 17.7 Å². The SMILES string of the molecule is CCCN(CCC)C(=O)c1ccnc(N2CCN(c3ccccn3)CC2)n1. The van der Waals surface area contributed by atoms with Gasteiger partial charge in [0.05, 0.1) is 0 Å². The van der Waals surface area contributed by atoms with Crippen LogP contribution in [0.2, 0.25) is 0 Å². The maximum atomic E-state index is 12.8. The summed E-state index contributed by atoms with van der Waals surface area (Å²) in [4.78, 5) is 32.5. The van der Waals surface area contributed by atoms with Crippen molar-refractivity contribution in [3.8, 4) is 0 Å². The molecule has 2 aromatic heterocycles. The number of hydrogen-bond donors (Lipinski definition) is 0. The van der Waals surface area contributed by atoms with Gasteiger partial charge in [0.1, 0.15) is 11.5 Å². The van der Waals surface area contributed by atoms with Gasteiger partial charge >= 0.3 is 0 Å². The van der Waals surface area contributed by atoms with E-state index in [1.807, 2.05) is 29.3 Å². The van der Waals surface area contributed by atoms with Gasteiger partial charge in [0, 0.05) is 51.7 Å². The number of rotatable bonds is 7.